The molecule has 12 heavy (non-hydrogen) atoms. The first-order valence-corrected chi connectivity index (χ1v) is 4.95. The number of carbonyl (C=O) groups is 1. The van der Waals surface area contributed by atoms with Crippen molar-refractivity contribution in [3.05, 3.63) is 0 Å². The van der Waals surface area contributed by atoms with Crippen molar-refractivity contribution < 1.29 is 4.79 Å². The molecule has 0 aliphatic heterocycles. The van der Waals surface area contributed by atoms with Gasteiger partial charge in [-0.2, -0.15) is 0 Å². The van der Waals surface area contributed by atoms with Gasteiger partial charge in [-0.05, 0) is 25.8 Å². The second-order valence-electron chi connectivity index (χ2n) is 3.37. The number of ketones is 1. The lowest BCUT2D eigenvalue weighted by molar-refractivity contribution is -0.122. The first kappa shape index (κ1) is 11.6. The van der Waals surface area contributed by atoms with E-state index in [0.29, 0.717) is 5.78 Å². The Morgan fingerprint density at radius 1 is 1.33 bits per heavy atom. The van der Waals surface area contributed by atoms with Crippen LogP contribution in [0.25, 0.3) is 0 Å². The van der Waals surface area contributed by atoms with Crippen molar-refractivity contribution in [2.24, 2.45) is 11.7 Å². The fourth-order valence-electron chi connectivity index (χ4n) is 1.09. The molecule has 0 aromatic heterocycles. The maximum Gasteiger partial charge on any atom is 0.135 e. The average Bonchev–Trinajstić information content (AvgIpc) is 2.10. The summed E-state index contributed by atoms with van der Waals surface area (Å²) >= 11 is 0. The standard InChI is InChI=1S/C10H21NO/c1-3-9(2)10(12)7-5-4-6-8-11/h9H,3-8,11H2,1-2H3. The van der Waals surface area contributed by atoms with Crippen LogP contribution in [-0.4, -0.2) is 12.3 Å². The van der Waals surface area contributed by atoms with Crippen LogP contribution in [0.1, 0.15) is 46.0 Å². The number of hydrogen-bond donors (Lipinski definition) is 1. The topological polar surface area (TPSA) is 43.1 Å². The van der Waals surface area contributed by atoms with E-state index in [1.807, 2.05) is 6.92 Å². The molecule has 72 valence electrons. The third-order valence-electron chi connectivity index (χ3n) is 2.29. The molecule has 0 aliphatic rings. The van der Waals surface area contributed by atoms with Gasteiger partial charge < -0.3 is 5.73 Å². The number of hydrogen-bond acceptors (Lipinski definition) is 2. The fraction of sp³-hybridized carbons (Fsp3) is 0.900. The van der Waals surface area contributed by atoms with Crippen molar-refractivity contribution in [3.63, 3.8) is 0 Å². The van der Waals surface area contributed by atoms with Gasteiger partial charge in [0.1, 0.15) is 5.78 Å². The number of carbonyl (C=O) groups excluding carboxylic acids is 1. The van der Waals surface area contributed by atoms with Crippen LogP contribution < -0.4 is 5.73 Å². The Hall–Kier alpha value is -0.370. The average molecular weight is 171 g/mol. The second kappa shape index (κ2) is 7.29. The fourth-order valence-corrected chi connectivity index (χ4v) is 1.09. The van der Waals surface area contributed by atoms with E-state index in [1.54, 1.807) is 0 Å². The lowest BCUT2D eigenvalue weighted by atomic mass is 9.99. The summed E-state index contributed by atoms with van der Waals surface area (Å²) in [4.78, 5) is 11.3. The molecule has 0 rings (SSSR count). The number of rotatable bonds is 7. The molecular weight excluding hydrogens is 150 g/mol. The lowest BCUT2D eigenvalue weighted by Gasteiger charge is -2.06. The molecule has 0 spiro atoms. The van der Waals surface area contributed by atoms with Gasteiger partial charge in [-0.1, -0.05) is 20.3 Å². The van der Waals surface area contributed by atoms with Crippen LogP contribution in [0.2, 0.25) is 0 Å². The Morgan fingerprint density at radius 2 is 2.00 bits per heavy atom. The zero-order valence-electron chi connectivity index (χ0n) is 8.31. The van der Waals surface area contributed by atoms with E-state index in [2.05, 4.69) is 6.92 Å². The Bertz CT molecular complexity index is 123. The minimum atomic E-state index is 0.253. The highest BCUT2D eigenvalue weighted by atomic mass is 16.1. The van der Waals surface area contributed by atoms with Crippen molar-refractivity contribution in [1.29, 1.82) is 0 Å². The Balaban J connectivity index is 3.31. The van der Waals surface area contributed by atoms with Crippen molar-refractivity contribution >= 4 is 5.78 Å². The summed E-state index contributed by atoms with van der Waals surface area (Å²) in [5, 5.41) is 0. The molecule has 0 saturated carbocycles. The van der Waals surface area contributed by atoms with Gasteiger partial charge in [0.25, 0.3) is 0 Å². The maximum absolute atomic E-state index is 11.3. The van der Waals surface area contributed by atoms with Crippen LogP contribution in [0.15, 0.2) is 0 Å². The number of unbranched alkanes of at least 4 members (excludes halogenated alkanes) is 2. The molecule has 0 saturated heterocycles. The minimum absolute atomic E-state index is 0.253. The lowest BCUT2D eigenvalue weighted by Crippen LogP contribution is -2.09. The summed E-state index contributed by atoms with van der Waals surface area (Å²) in [6, 6.07) is 0. The molecule has 0 aromatic carbocycles. The molecule has 2 heteroatoms. The highest BCUT2D eigenvalue weighted by Crippen LogP contribution is 2.08. The van der Waals surface area contributed by atoms with E-state index in [1.165, 1.54) is 0 Å². The number of nitrogens with two attached hydrogens (primary N) is 1. The SMILES string of the molecule is CCC(C)C(=O)CCCCCN. The summed E-state index contributed by atoms with van der Waals surface area (Å²) in [6.45, 7) is 4.81. The third kappa shape index (κ3) is 5.30. The van der Waals surface area contributed by atoms with Crippen molar-refractivity contribution in [1.82, 2.24) is 0 Å². The van der Waals surface area contributed by atoms with Crippen LogP contribution in [0.3, 0.4) is 0 Å². The highest BCUT2D eigenvalue weighted by molar-refractivity contribution is 5.80. The van der Waals surface area contributed by atoms with E-state index >= 15 is 0 Å². The second-order valence-corrected chi connectivity index (χ2v) is 3.37. The summed E-state index contributed by atoms with van der Waals surface area (Å²) in [5.41, 5.74) is 5.35. The van der Waals surface area contributed by atoms with Gasteiger partial charge in [0.2, 0.25) is 0 Å². The molecule has 0 aromatic rings. The Morgan fingerprint density at radius 3 is 2.50 bits per heavy atom. The van der Waals surface area contributed by atoms with Gasteiger partial charge in [0.15, 0.2) is 0 Å². The first-order chi connectivity index (χ1) is 5.72. The molecule has 1 atom stereocenters. The van der Waals surface area contributed by atoms with Gasteiger partial charge >= 0.3 is 0 Å². The molecule has 2 N–H and O–H groups in total. The van der Waals surface area contributed by atoms with Crippen molar-refractivity contribution in [3.8, 4) is 0 Å². The van der Waals surface area contributed by atoms with Gasteiger partial charge in [-0.25, -0.2) is 0 Å². The molecule has 0 bridgehead atoms. The van der Waals surface area contributed by atoms with Crippen molar-refractivity contribution in [2.45, 2.75) is 46.0 Å². The summed E-state index contributed by atoms with van der Waals surface area (Å²) in [7, 11) is 0. The zero-order valence-corrected chi connectivity index (χ0v) is 8.31. The maximum atomic E-state index is 11.3. The highest BCUT2D eigenvalue weighted by Gasteiger charge is 2.08. The largest absolute Gasteiger partial charge is 0.330 e. The van der Waals surface area contributed by atoms with Crippen LogP contribution in [-0.2, 0) is 4.79 Å². The predicted molar refractivity (Wildman–Crippen MR) is 52.0 cm³/mol. The van der Waals surface area contributed by atoms with Crippen LogP contribution in [0.5, 0.6) is 0 Å². The molecule has 0 aliphatic carbocycles. The Labute approximate surface area is 75.5 Å². The van der Waals surface area contributed by atoms with Crippen molar-refractivity contribution in [2.75, 3.05) is 6.54 Å². The smallest absolute Gasteiger partial charge is 0.135 e. The normalized spacial score (nSPS) is 12.9. The quantitative estimate of drug-likeness (QED) is 0.596. The molecule has 0 fully saturated rings. The Kier molecular flexibility index (Phi) is 7.06. The van der Waals surface area contributed by atoms with E-state index in [-0.39, 0.29) is 5.92 Å². The van der Waals surface area contributed by atoms with Crippen LogP contribution in [0, 0.1) is 5.92 Å². The van der Waals surface area contributed by atoms with E-state index < -0.39 is 0 Å². The van der Waals surface area contributed by atoms with E-state index in [4.69, 9.17) is 5.73 Å². The summed E-state index contributed by atoms with van der Waals surface area (Å²) in [5.74, 6) is 0.664. The molecule has 0 heterocycles. The molecular formula is C10H21NO. The van der Waals surface area contributed by atoms with Gasteiger partial charge in [0.05, 0.1) is 0 Å². The van der Waals surface area contributed by atoms with Gasteiger partial charge in [0, 0.05) is 12.3 Å². The molecule has 1 unspecified atom stereocenters. The minimum Gasteiger partial charge on any atom is -0.330 e. The molecule has 2 nitrogen and oxygen atoms in total. The van der Waals surface area contributed by atoms with E-state index in [9.17, 15) is 4.79 Å². The van der Waals surface area contributed by atoms with E-state index in [0.717, 1.165) is 38.6 Å². The molecule has 0 radical (unpaired) electrons. The summed E-state index contributed by atoms with van der Waals surface area (Å²) in [6.07, 6.45) is 4.87. The third-order valence-corrected chi connectivity index (χ3v) is 2.29. The summed E-state index contributed by atoms with van der Waals surface area (Å²) < 4.78 is 0. The monoisotopic (exact) mass is 171 g/mol. The molecule has 0 amide bonds. The first-order valence-electron chi connectivity index (χ1n) is 4.95. The van der Waals surface area contributed by atoms with Crippen LogP contribution in [0.4, 0.5) is 0 Å². The van der Waals surface area contributed by atoms with Gasteiger partial charge in [-0.15, -0.1) is 0 Å². The van der Waals surface area contributed by atoms with Gasteiger partial charge in [-0.3, -0.25) is 4.79 Å². The number of Topliss-reactive ketones (excluding diaryl/α,β-unsaturated/α-hetero) is 1. The van der Waals surface area contributed by atoms with Crippen LogP contribution >= 0.6 is 0 Å². The zero-order chi connectivity index (χ0) is 9.40. The predicted octanol–water partition coefficient (Wildman–Crippen LogP) is 2.12.